The summed E-state index contributed by atoms with van der Waals surface area (Å²) in [6.07, 6.45) is 2.00. The molecule has 0 spiro atoms. The number of nitrogens with two attached hydrogens (primary N) is 1. The molecule has 0 bridgehead atoms. The molecule has 0 unspecified atom stereocenters. The minimum atomic E-state index is -0.346. The minimum absolute atomic E-state index is 0.221. The summed E-state index contributed by atoms with van der Waals surface area (Å²) in [5.74, 6) is 1.20. The lowest BCUT2D eigenvalue weighted by Crippen LogP contribution is -2.47. The first kappa shape index (κ1) is 13.1. The van der Waals surface area contributed by atoms with E-state index in [0.717, 1.165) is 30.3 Å². The molecule has 6 nitrogen and oxygen atoms in total. The smallest absolute Gasteiger partial charge is 0.314 e. The second-order valence-corrected chi connectivity index (χ2v) is 5.63. The van der Waals surface area contributed by atoms with E-state index in [4.69, 9.17) is 5.73 Å². The van der Waals surface area contributed by atoms with Crippen LogP contribution >= 0.6 is 11.5 Å². The third-order valence-corrected chi connectivity index (χ3v) is 3.68. The topological polar surface area (TPSA) is 84.1 Å². The number of piperidine rings is 1. The Hall–Kier alpha value is -1.37. The van der Waals surface area contributed by atoms with E-state index >= 15 is 0 Å². The van der Waals surface area contributed by atoms with Crippen LogP contribution in [0.15, 0.2) is 0 Å². The van der Waals surface area contributed by atoms with Gasteiger partial charge in [0.15, 0.2) is 0 Å². The molecule has 0 aliphatic carbocycles. The highest BCUT2D eigenvalue weighted by Crippen LogP contribution is 2.20. The Morgan fingerprint density at radius 2 is 2.39 bits per heavy atom. The number of carbonyl (C=O) groups is 1. The third-order valence-electron chi connectivity index (χ3n) is 3.02. The van der Waals surface area contributed by atoms with Crippen LogP contribution in [0.4, 0.5) is 9.93 Å². The second-order valence-electron chi connectivity index (χ2n) is 4.88. The van der Waals surface area contributed by atoms with Gasteiger partial charge in [-0.2, -0.15) is 4.37 Å². The number of carbonyl (C=O) groups excluding carboxylic acids is 1. The number of nitrogens with one attached hydrogen (secondary N) is 1. The molecule has 2 amide bonds. The first-order chi connectivity index (χ1) is 8.56. The summed E-state index contributed by atoms with van der Waals surface area (Å²) in [6, 6.07) is -0.124. The van der Waals surface area contributed by atoms with E-state index in [1.807, 2.05) is 0 Å². The van der Waals surface area contributed by atoms with Gasteiger partial charge in [-0.15, -0.1) is 0 Å². The van der Waals surface area contributed by atoms with Gasteiger partial charge in [0.05, 0.1) is 0 Å². The summed E-state index contributed by atoms with van der Waals surface area (Å²) in [7, 11) is 0. The Labute approximate surface area is 111 Å². The SMILES string of the molecule is CC(C)c1nsc(N[C@H]2CCCN(C(N)=O)C2)n1. The van der Waals surface area contributed by atoms with Gasteiger partial charge in [-0.05, 0) is 12.8 Å². The predicted molar refractivity (Wildman–Crippen MR) is 71.8 cm³/mol. The van der Waals surface area contributed by atoms with Crippen LogP contribution in [0, 0.1) is 0 Å². The average molecular weight is 269 g/mol. The Morgan fingerprint density at radius 1 is 1.61 bits per heavy atom. The van der Waals surface area contributed by atoms with E-state index in [9.17, 15) is 4.79 Å². The number of hydrogen-bond acceptors (Lipinski definition) is 5. The van der Waals surface area contributed by atoms with Crippen molar-refractivity contribution in [2.45, 2.75) is 38.6 Å². The number of rotatable bonds is 3. The van der Waals surface area contributed by atoms with Crippen molar-refractivity contribution in [1.29, 1.82) is 0 Å². The van der Waals surface area contributed by atoms with Crippen molar-refractivity contribution < 1.29 is 4.79 Å². The van der Waals surface area contributed by atoms with Gasteiger partial charge in [-0.3, -0.25) is 0 Å². The molecule has 1 aromatic rings. The molecule has 3 N–H and O–H groups in total. The summed E-state index contributed by atoms with van der Waals surface area (Å²) in [6.45, 7) is 5.54. The third kappa shape index (κ3) is 3.10. The molecule has 7 heteroatoms. The van der Waals surface area contributed by atoms with Crippen molar-refractivity contribution >= 4 is 22.7 Å². The lowest BCUT2D eigenvalue weighted by Gasteiger charge is -2.31. The number of amides is 2. The van der Waals surface area contributed by atoms with Crippen LogP contribution in [-0.2, 0) is 0 Å². The molecule has 2 heterocycles. The van der Waals surface area contributed by atoms with E-state index in [1.54, 1.807) is 4.90 Å². The van der Waals surface area contributed by atoms with Crippen LogP contribution in [0.25, 0.3) is 0 Å². The number of nitrogens with zero attached hydrogens (tertiary/aromatic N) is 3. The molecule has 1 fully saturated rings. The highest BCUT2D eigenvalue weighted by Gasteiger charge is 2.22. The maximum Gasteiger partial charge on any atom is 0.314 e. The van der Waals surface area contributed by atoms with Gasteiger partial charge in [-0.1, -0.05) is 13.8 Å². The van der Waals surface area contributed by atoms with Crippen LogP contribution in [-0.4, -0.2) is 39.4 Å². The van der Waals surface area contributed by atoms with E-state index in [1.165, 1.54) is 11.5 Å². The van der Waals surface area contributed by atoms with Crippen LogP contribution in [0.2, 0.25) is 0 Å². The van der Waals surface area contributed by atoms with Crippen molar-refractivity contribution in [3.63, 3.8) is 0 Å². The quantitative estimate of drug-likeness (QED) is 0.873. The van der Waals surface area contributed by atoms with Gasteiger partial charge in [0.25, 0.3) is 0 Å². The molecule has 1 aliphatic heterocycles. The zero-order chi connectivity index (χ0) is 13.1. The maximum absolute atomic E-state index is 11.1. The minimum Gasteiger partial charge on any atom is -0.356 e. The number of hydrogen-bond donors (Lipinski definition) is 2. The highest BCUT2D eigenvalue weighted by atomic mass is 32.1. The van der Waals surface area contributed by atoms with Crippen LogP contribution in [0.3, 0.4) is 0 Å². The van der Waals surface area contributed by atoms with Gasteiger partial charge < -0.3 is 16.0 Å². The van der Waals surface area contributed by atoms with E-state index < -0.39 is 0 Å². The summed E-state index contributed by atoms with van der Waals surface area (Å²) < 4.78 is 4.30. The lowest BCUT2D eigenvalue weighted by atomic mass is 10.1. The molecule has 0 aromatic carbocycles. The average Bonchev–Trinajstić information content (AvgIpc) is 2.78. The predicted octanol–water partition coefficient (Wildman–Crippen LogP) is 1.62. The van der Waals surface area contributed by atoms with Crippen LogP contribution in [0.1, 0.15) is 38.4 Å². The zero-order valence-corrected chi connectivity index (χ0v) is 11.5. The number of aromatic nitrogens is 2. The molecular weight excluding hydrogens is 250 g/mol. The molecule has 1 aromatic heterocycles. The standard InChI is InChI=1S/C11H19N5OS/c1-7(2)9-14-11(18-15-9)13-8-4-3-5-16(6-8)10(12)17/h7-8H,3-6H2,1-2H3,(H2,12,17)(H,13,14,15)/t8-/m0/s1. The monoisotopic (exact) mass is 269 g/mol. The van der Waals surface area contributed by atoms with E-state index in [-0.39, 0.29) is 12.1 Å². The van der Waals surface area contributed by atoms with Crippen molar-refractivity contribution in [3.8, 4) is 0 Å². The molecule has 1 saturated heterocycles. The molecular formula is C11H19N5OS. The fourth-order valence-corrected chi connectivity index (χ4v) is 2.78. The Morgan fingerprint density at radius 3 is 3.00 bits per heavy atom. The number of urea groups is 1. The molecule has 0 saturated carbocycles. The van der Waals surface area contributed by atoms with Crippen molar-refractivity contribution in [2.24, 2.45) is 5.73 Å². The summed E-state index contributed by atoms with van der Waals surface area (Å²) in [4.78, 5) is 17.2. The summed E-state index contributed by atoms with van der Waals surface area (Å²) in [5.41, 5.74) is 5.30. The second kappa shape index (κ2) is 5.51. The van der Waals surface area contributed by atoms with E-state index in [0.29, 0.717) is 12.5 Å². The zero-order valence-electron chi connectivity index (χ0n) is 10.7. The first-order valence-electron chi connectivity index (χ1n) is 6.20. The fraction of sp³-hybridized carbons (Fsp3) is 0.727. The molecule has 1 aliphatic rings. The molecule has 18 heavy (non-hydrogen) atoms. The van der Waals surface area contributed by atoms with Crippen molar-refractivity contribution in [2.75, 3.05) is 18.4 Å². The van der Waals surface area contributed by atoms with Gasteiger partial charge in [0.2, 0.25) is 5.13 Å². The molecule has 1 atom stereocenters. The van der Waals surface area contributed by atoms with Crippen LogP contribution < -0.4 is 11.1 Å². The largest absolute Gasteiger partial charge is 0.356 e. The number of likely N-dealkylation sites (tertiary alicyclic amines) is 1. The van der Waals surface area contributed by atoms with Gasteiger partial charge >= 0.3 is 6.03 Å². The van der Waals surface area contributed by atoms with Crippen molar-refractivity contribution in [3.05, 3.63) is 5.82 Å². The number of anilines is 1. The highest BCUT2D eigenvalue weighted by molar-refractivity contribution is 7.09. The maximum atomic E-state index is 11.1. The van der Waals surface area contributed by atoms with Crippen LogP contribution in [0.5, 0.6) is 0 Å². The summed E-state index contributed by atoms with van der Waals surface area (Å²) >= 11 is 1.37. The van der Waals surface area contributed by atoms with Gasteiger partial charge in [0, 0.05) is 36.6 Å². The van der Waals surface area contributed by atoms with Gasteiger partial charge in [0.1, 0.15) is 5.82 Å². The van der Waals surface area contributed by atoms with E-state index in [2.05, 4.69) is 28.5 Å². The normalized spacial score (nSPS) is 20.2. The Kier molecular flexibility index (Phi) is 4.00. The van der Waals surface area contributed by atoms with Crippen molar-refractivity contribution in [1.82, 2.24) is 14.3 Å². The number of primary amides is 1. The Balaban J connectivity index is 1.94. The molecule has 100 valence electrons. The molecule has 2 rings (SSSR count). The van der Waals surface area contributed by atoms with Gasteiger partial charge in [-0.25, -0.2) is 9.78 Å². The lowest BCUT2D eigenvalue weighted by molar-refractivity contribution is 0.192. The molecule has 0 radical (unpaired) electrons. The Bertz CT molecular complexity index is 419. The fourth-order valence-electron chi connectivity index (χ4n) is 2.00. The first-order valence-corrected chi connectivity index (χ1v) is 6.98. The summed E-state index contributed by atoms with van der Waals surface area (Å²) in [5, 5.41) is 4.17.